The lowest BCUT2D eigenvalue weighted by Gasteiger charge is -2.06. The average molecular weight is 399 g/mol. The summed E-state index contributed by atoms with van der Waals surface area (Å²) in [7, 11) is 1.87. The minimum absolute atomic E-state index is 0.0201. The van der Waals surface area contributed by atoms with Crippen molar-refractivity contribution < 1.29 is 9.90 Å². The second-order valence-corrected chi connectivity index (χ2v) is 7.52. The van der Waals surface area contributed by atoms with Gasteiger partial charge in [-0.1, -0.05) is 29.4 Å². The molecule has 3 aromatic heterocycles. The van der Waals surface area contributed by atoms with E-state index in [0.29, 0.717) is 10.0 Å². The van der Waals surface area contributed by atoms with Gasteiger partial charge in [-0.15, -0.1) is 0 Å². The van der Waals surface area contributed by atoms with Crippen LogP contribution in [0.3, 0.4) is 0 Å². The molecule has 0 aliphatic carbocycles. The van der Waals surface area contributed by atoms with Crippen molar-refractivity contribution >= 4 is 40.2 Å². The Labute approximate surface area is 164 Å². The third-order valence-corrected chi connectivity index (χ3v) is 5.60. The Morgan fingerprint density at radius 3 is 2.78 bits per heavy atom. The number of aromatic carboxylic acids is 1. The molecule has 4 rings (SSSR count). The van der Waals surface area contributed by atoms with Gasteiger partial charge in [-0.25, -0.2) is 9.78 Å². The Morgan fingerprint density at radius 2 is 2.07 bits per heavy atom. The van der Waals surface area contributed by atoms with E-state index in [1.807, 2.05) is 38.4 Å². The lowest BCUT2D eigenvalue weighted by atomic mass is 10.2. The summed E-state index contributed by atoms with van der Waals surface area (Å²) in [5, 5.41) is 15.7. The lowest BCUT2D eigenvalue weighted by Crippen LogP contribution is -2.00. The maximum Gasteiger partial charge on any atom is 0.354 e. The van der Waals surface area contributed by atoms with Crippen LogP contribution in [0.5, 0.6) is 0 Å². The highest BCUT2D eigenvalue weighted by Gasteiger charge is 2.18. The number of pyridine rings is 1. The summed E-state index contributed by atoms with van der Waals surface area (Å²) in [5.74, 6) is -1.05. The molecule has 0 unspecified atom stereocenters. The topological polar surface area (TPSA) is 72.9 Å². The summed E-state index contributed by atoms with van der Waals surface area (Å²) in [6, 6.07) is 10.7. The van der Waals surface area contributed by atoms with E-state index in [0.717, 1.165) is 27.2 Å². The number of aryl methyl sites for hydroxylation is 1. The molecule has 0 saturated heterocycles. The van der Waals surface area contributed by atoms with Crippen molar-refractivity contribution in [1.29, 1.82) is 0 Å². The maximum absolute atomic E-state index is 11.2. The molecule has 0 saturated carbocycles. The number of carbonyl (C=O) groups is 1. The van der Waals surface area contributed by atoms with Gasteiger partial charge in [0.25, 0.3) is 0 Å². The summed E-state index contributed by atoms with van der Waals surface area (Å²) in [6.07, 6.45) is 3.75. The normalized spacial score (nSPS) is 11.2. The quantitative estimate of drug-likeness (QED) is 0.545. The summed E-state index contributed by atoms with van der Waals surface area (Å²) in [4.78, 5) is 16.4. The van der Waals surface area contributed by atoms with Crippen molar-refractivity contribution in [3.8, 4) is 5.69 Å². The molecule has 4 aromatic rings. The van der Waals surface area contributed by atoms with E-state index in [2.05, 4.69) is 14.6 Å². The van der Waals surface area contributed by atoms with Gasteiger partial charge in [0, 0.05) is 34.2 Å². The van der Waals surface area contributed by atoms with E-state index in [1.165, 1.54) is 17.8 Å². The van der Waals surface area contributed by atoms with Gasteiger partial charge in [-0.05, 0) is 37.3 Å². The maximum atomic E-state index is 11.2. The van der Waals surface area contributed by atoms with Crippen LogP contribution in [0.2, 0.25) is 5.02 Å². The van der Waals surface area contributed by atoms with Gasteiger partial charge in [0.2, 0.25) is 0 Å². The zero-order valence-electron chi connectivity index (χ0n) is 14.5. The van der Waals surface area contributed by atoms with Crippen molar-refractivity contribution in [2.45, 2.75) is 16.8 Å². The number of aromatic nitrogens is 4. The molecule has 0 aliphatic rings. The van der Waals surface area contributed by atoms with E-state index in [1.54, 1.807) is 23.0 Å². The highest BCUT2D eigenvalue weighted by Crippen LogP contribution is 2.40. The average Bonchev–Trinajstić information content (AvgIpc) is 3.17. The first kappa shape index (κ1) is 17.6. The summed E-state index contributed by atoms with van der Waals surface area (Å²) >= 11 is 7.67. The minimum Gasteiger partial charge on any atom is -0.477 e. The molecule has 1 N–H and O–H groups in total. The summed E-state index contributed by atoms with van der Waals surface area (Å²) in [5.41, 5.74) is 2.97. The predicted octanol–water partition coefficient (Wildman–Crippen LogP) is 4.57. The number of carboxylic acids is 1. The van der Waals surface area contributed by atoms with Gasteiger partial charge in [-0.3, -0.25) is 4.68 Å². The summed E-state index contributed by atoms with van der Waals surface area (Å²) in [6.45, 7) is 2.02. The number of nitrogens with zero attached hydrogens (tertiary/aromatic N) is 4. The highest BCUT2D eigenvalue weighted by atomic mass is 35.5. The van der Waals surface area contributed by atoms with Crippen molar-refractivity contribution in [2.75, 3.05) is 0 Å². The van der Waals surface area contributed by atoms with Gasteiger partial charge in [0.05, 0.1) is 17.4 Å². The molecule has 0 spiro atoms. The van der Waals surface area contributed by atoms with Crippen molar-refractivity contribution in [3.05, 3.63) is 65.2 Å². The van der Waals surface area contributed by atoms with Gasteiger partial charge in [0.1, 0.15) is 10.7 Å². The van der Waals surface area contributed by atoms with Crippen molar-refractivity contribution in [2.24, 2.45) is 7.05 Å². The standard InChI is InChI=1S/C19H15ClN4O2S/c1-11-18(27-17-5-3-4-15(22-17)19(25)26)14-8-12(20)6-7-16(14)24(11)13-9-21-23(2)10-13/h3-10H,1-2H3,(H,25,26). The Hall–Kier alpha value is -2.77. The van der Waals surface area contributed by atoms with Crippen LogP contribution in [0, 0.1) is 6.92 Å². The highest BCUT2D eigenvalue weighted by molar-refractivity contribution is 7.99. The Morgan fingerprint density at radius 1 is 1.26 bits per heavy atom. The fraction of sp³-hybridized carbons (Fsp3) is 0.105. The molecule has 136 valence electrons. The van der Waals surface area contributed by atoms with E-state index in [9.17, 15) is 9.90 Å². The molecule has 8 heteroatoms. The second kappa shape index (κ2) is 6.75. The van der Waals surface area contributed by atoms with Crippen LogP contribution in [0.4, 0.5) is 0 Å². The number of hydrogen-bond donors (Lipinski definition) is 1. The largest absolute Gasteiger partial charge is 0.477 e. The smallest absolute Gasteiger partial charge is 0.354 e. The third kappa shape index (κ3) is 3.20. The molecule has 1 aromatic carbocycles. The van der Waals surface area contributed by atoms with E-state index < -0.39 is 5.97 Å². The molecule has 0 atom stereocenters. The molecular weight excluding hydrogens is 384 g/mol. The zero-order chi connectivity index (χ0) is 19.1. The molecule has 27 heavy (non-hydrogen) atoms. The third-order valence-electron chi connectivity index (χ3n) is 4.21. The number of carboxylic acid groups (broad SMARTS) is 1. The van der Waals surface area contributed by atoms with Gasteiger partial charge in [0.15, 0.2) is 0 Å². The predicted molar refractivity (Wildman–Crippen MR) is 105 cm³/mol. The first-order valence-corrected chi connectivity index (χ1v) is 9.31. The summed E-state index contributed by atoms with van der Waals surface area (Å²) < 4.78 is 3.86. The number of fused-ring (bicyclic) bond motifs is 1. The minimum atomic E-state index is -1.05. The molecule has 0 amide bonds. The number of benzene rings is 1. The molecule has 6 nitrogen and oxygen atoms in total. The van der Waals surface area contributed by atoms with Gasteiger partial charge < -0.3 is 9.67 Å². The van der Waals surface area contributed by atoms with E-state index in [4.69, 9.17) is 11.6 Å². The fourth-order valence-corrected chi connectivity index (χ4v) is 4.23. The first-order chi connectivity index (χ1) is 12.9. The Bertz CT molecular complexity index is 1180. The Kier molecular flexibility index (Phi) is 4.41. The first-order valence-electron chi connectivity index (χ1n) is 8.12. The van der Waals surface area contributed by atoms with Crippen LogP contribution in [-0.2, 0) is 7.05 Å². The van der Waals surface area contributed by atoms with Crippen LogP contribution in [0.25, 0.3) is 16.6 Å². The fourth-order valence-electron chi connectivity index (χ4n) is 3.04. The molecule has 0 fully saturated rings. The molecule has 0 radical (unpaired) electrons. The SMILES string of the molecule is Cc1c(Sc2cccc(C(=O)O)n2)c2cc(Cl)ccc2n1-c1cnn(C)c1. The number of rotatable bonds is 4. The van der Waals surface area contributed by atoms with Crippen LogP contribution < -0.4 is 0 Å². The molecule has 0 aliphatic heterocycles. The zero-order valence-corrected chi connectivity index (χ0v) is 16.1. The van der Waals surface area contributed by atoms with Crippen LogP contribution in [0.15, 0.2) is 58.7 Å². The van der Waals surface area contributed by atoms with Crippen LogP contribution >= 0.6 is 23.4 Å². The van der Waals surface area contributed by atoms with E-state index >= 15 is 0 Å². The molecule has 0 bridgehead atoms. The number of hydrogen-bond acceptors (Lipinski definition) is 4. The van der Waals surface area contributed by atoms with Gasteiger partial charge >= 0.3 is 5.97 Å². The van der Waals surface area contributed by atoms with Crippen molar-refractivity contribution in [3.63, 3.8) is 0 Å². The number of halogens is 1. The van der Waals surface area contributed by atoms with Crippen LogP contribution in [0.1, 0.15) is 16.2 Å². The monoisotopic (exact) mass is 398 g/mol. The Balaban J connectivity index is 1.90. The van der Waals surface area contributed by atoms with E-state index in [-0.39, 0.29) is 5.69 Å². The lowest BCUT2D eigenvalue weighted by molar-refractivity contribution is 0.0689. The van der Waals surface area contributed by atoms with Crippen molar-refractivity contribution in [1.82, 2.24) is 19.3 Å². The molecule has 3 heterocycles. The van der Waals surface area contributed by atoms with Gasteiger partial charge in [-0.2, -0.15) is 5.10 Å². The second-order valence-electron chi connectivity index (χ2n) is 6.05. The molecular formula is C19H15ClN4O2S. The van der Waals surface area contributed by atoms with Crippen LogP contribution in [-0.4, -0.2) is 30.4 Å².